The van der Waals surface area contributed by atoms with E-state index in [0.717, 1.165) is 13.1 Å². The second-order valence-electron chi connectivity index (χ2n) is 12.6. The number of likely N-dealkylation sites (N-methyl/N-ethyl adjacent to an activating group) is 1. The van der Waals surface area contributed by atoms with Crippen molar-refractivity contribution in [2.45, 2.75) is 33.2 Å². The fourth-order valence-corrected chi connectivity index (χ4v) is 5.93. The second-order valence-corrected chi connectivity index (χ2v) is 13.0. The molecule has 0 aliphatic carbocycles. The minimum absolute atomic E-state index is 0.0470. The predicted molar refractivity (Wildman–Crippen MR) is 159 cm³/mol. The molecule has 0 aromatic heterocycles. The molecule has 3 aliphatic heterocycles. The Balaban J connectivity index is 1.52. The molecule has 0 N–H and O–H groups in total. The summed E-state index contributed by atoms with van der Waals surface area (Å²) < 4.78 is 14.9. The molecule has 224 valence electrons. The lowest BCUT2D eigenvalue weighted by molar-refractivity contribution is -0.139. The molecule has 2 fully saturated rings. The van der Waals surface area contributed by atoms with Gasteiger partial charge in [0.1, 0.15) is 18.4 Å². The Hall–Kier alpha value is -3.50. The predicted octanol–water partition coefficient (Wildman–Crippen LogP) is 3.36. The van der Waals surface area contributed by atoms with Crippen LogP contribution in [-0.4, -0.2) is 109 Å². The monoisotopic (exact) mass is 597 g/mol. The third-order valence-electron chi connectivity index (χ3n) is 8.14. The van der Waals surface area contributed by atoms with Crippen molar-refractivity contribution in [3.05, 3.63) is 52.8 Å². The first-order valence-electron chi connectivity index (χ1n) is 14.3. The Bertz CT molecular complexity index is 1420. The average Bonchev–Trinajstić information content (AvgIpc) is 3.01. The van der Waals surface area contributed by atoms with Crippen molar-refractivity contribution in [1.29, 1.82) is 0 Å². The van der Waals surface area contributed by atoms with Crippen molar-refractivity contribution in [2.24, 2.45) is 5.41 Å². The number of carbonyl (C=O) groups is 4. The highest BCUT2D eigenvalue weighted by Crippen LogP contribution is 2.35. The second kappa shape index (κ2) is 11.6. The number of rotatable bonds is 4. The third kappa shape index (κ3) is 6.15. The van der Waals surface area contributed by atoms with Gasteiger partial charge in [-0.1, -0.05) is 38.4 Å². The van der Waals surface area contributed by atoms with Gasteiger partial charge in [0, 0.05) is 56.3 Å². The van der Waals surface area contributed by atoms with E-state index in [-0.39, 0.29) is 53.0 Å². The molecule has 2 aromatic carbocycles. The van der Waals surface area contributed by atoms with Crippen molar-refractivity contribution >= 4 is 40.9 Å². The fraction of sp³-hybridized carbons (Fsp3) is 0.484. The molecule has 2 aromatic rings. The molecule has 0 bridgehead atoms. The van der Waals surface area contributed by atoms with Crippen molar-refractivity contribution in [1.82, 2.24) is 19.6 Å². The maximum atomic E-state index is 14.9. The smallest absolute Gasteiger partial charge is 0.256 e. The molecule has 0 radical (unpaired) electrons. The van der Waals surface area contributed by atoms with Gasteiger partial charge in [-0.2, -0.15) is 0 Å². The van der Waals surface area contributed by atoms with E-state index in [2.05, 4.69) is 4.90 Å². The van der Waals surface area contributed by atoms with Crippen LogP contribution in [0.4, 0.5) is 10.1 Å². The maximum absolute atomic E-state index is 14.9. The number of amides is 4. The Morgan fingerprint density at radius 2 is 1.60 bits per heavy atom. The number of nitrogens with zero attached hydrogens (tertiary/aromatic N) is 5. The third-order valence-corrected chi connectivity index (χ3v) is 8.37. The lowest BCUT2D eigenvalue weighted by Gasteiger charge is -2.41. The lowest BCUT2D eigenvalue weighted by atomic mass is 9.91. The summed E-state index contributed by atoms with van der Waals surface area (Å²) in [6.45, 7) is 8.75. The summed E-state index contributed by atoms with van der Waals surface area (Å²) >= 11 is 5.95. The van der Waals surface area contributed by atoms with Crippen molar-refractivity contribution in [2.75, 3.05) is 64.3 Å². The number of hydrogen-bond acceptors (Lipinski definition) is 5. The van der Waals surface area contributed by atoms with E-state index in [9.17, 15) is 23.6 Å². The molecule has 0 unspecified atom stereocenters. The van der Waals surface area contributed by atoms with Crippen molar-refractivity contribution in [3.63, 3.8) is 0 Å². The van der Waals surface area contributed by atoms with Gasteiger partial charge in [-0.3, -0.25) is 19.2 Å². The molecule has 2 saturated heterocycles. The summed E-state index contributed by atoms with van der Waals surface area (Å²) in [4.78, 5) is 63.2. The molecule has 0 spiro atoms. The molecule has 9 nitrogen and oxygen atoms in total. The molecule has 1 atom stereocenters. The van der Waals surface area contributed by atoms with E-state index in [4.69, 9.17) is 11.6 Å². The highest BCUT2D eigenvalue weighted by atomic mass is 35.5. The minimum atomic E-state index is -0.946. The molecule has 3 heterocycles. The number of fused-ring (bicyclic) bond motifs is 2. The van der Waals surface area contributed by atoms with E-state index in [1.54, 1.807) is 40.1 Å². The van der Waals surface area contributed by atoms with Crippen LogP contribution in [0.15, 0.2) is 36.4 Å². The molecule has 0 saturated carbocycles. The molecule has 5 rings (SSSR count). The number of carbonyl (C=O) groups excluding carboxylic acids is 4. The van der Waals surface area contributed by atoms with Gasteiger partial charge in [-0.05, 0) is 48.4 Å². The topological polar surface area (TPSA) is 84.5 Å². The summed E-state index contributed by atoms with van der Waals surface area (Å²) in [5.41, 5.74) is 0.986. The van der Waals surface area contributed by atoms with Crippen LogP contribution in [0.3, 0.4) is 0 Å². The standard InChI is InChI=1S/C31H37ClFN5O4/c1-31(2,3)17-27(39)36-13-14-37-26(18-36)30(42)38(19-28(40)35-11-9-34(4)10-12-35)25-8-5-20(15-23(25)29(37)41)22-7-6-21(32)16-24(22)33/h5-8,15-16,26H,9-14,17-19H2,1-4H3/t26-/m1/s1. The van der Waals surface area contributed by atoms with Gasteiger partial charge in [0.15, 0.2) is 0 Å². The van der Waals surface area contributed by atoms with E-state index >= 15 is 0 Å². The van der Waals surface area contributed by atoms with E-state index < -0.39 is 23.7 Å². The zero-order valence-electron chi connectivity index (χ0n) is 24.5. The Morgan fingerprint density at radius 3 is 2.26 bits per heavy atom. The van der Waals surface area contributed by atoms with Crippen LogP contribution >= 0.6 is 11.6 Å². The van der Waals surface area contributed by atoms with Crippen LogP contribution in [0, 0.1) is 11.2 Å². The highest BCUT2D eigenvalue weighted by molar-refractivity contribution is 6.30. The number of benzene rings is 2. The first-order valence-corrected chi connectivity index (χ1v) is 14.7. The van der Waals surface area contributed by atoms with Gasteiger partial charge in [0.2, 0.25) is 11.8 Å². The summed E-state index contributed by atoms with van der Waals surface area (Å²) in [6, 6.07) is 8.20. The van der Waals surface area contributed by atoms with Crippen LogP contribution in [0.25, 0.3) is 11.1 Å². The van der Waals surface area contributed by atoms with Crippen LogP contribution in [-0.2, 0) is 14.4 Å². The maximum Gasteiger partial charge on any atom is 0.256 e. The largest absolute Gasteiger partial charge is 0.339 e. The quantitative estimate of drug-likeness (QED) is 0.540. The summed E-state index contributed by atoms with van der Waals surface area (Å²) in [5.74, 6) is -1.64. The van der Waals surface area contributed by atoms with Crippen LogP contribution in [0.1, 0.15) is 37.6 Å². The molecule has 3 aliphatic rings. The fourth-order valence-electron chi connectivity index (χ4n) is 5.77. The lowest BCUT2D eigenvalue weighted by Crippen LogP contribution is -2.61. The minimum Gasteiger partial charge on any atom is -0.339 e. The average molecular weight is 598 g/mol. The van der Waals surface area contributed by atoms with Crippen molar-refractivity contribution < 1.29 is 23.6 Å². The zero-order chi connectivity index (χ0) is 30.3. The molecule has 42 heavy (non-hydrogen) atoms. The highest BCUT2D eigenvalue weighted by Gasteiger charge is 2.44. The zero-order valence-corrected chi connectivity index (χ0v) is 25.3. The van der Waals surface area contributed by atoms with Crippen LogP contribution < -0.4 is 4.90 Å². The Kier molecular flexibility index (Phi) is 8.31. The number of piperazine rings is 2. The molecular weight excluding hydrogens is 561 g/mol. The first-order chi connectivity index (χ1) is 19.8. The van der Waals surface area contributed by atoms with Gasteiger partial charge in [-0.25, -0.2) is 4.39 Å². The molecular formula is C31H37ClFN5O4. The van der Waals surface area contributed by atoms with Gasteiger partial charge in [0.05, 0.1) is 17.8 Å². The first kappa shape index (κ1) is 30.0. The van der Waals surface area contributed by atoms with Crippen LogP contribution in [0.2, 0.25) is 5.02 Å². The number of anilines is 1. The summed E-state index contributed by atoms with van der Waals surface area (Å²) in [6.07, 6.45) is 0.309. The summed E-state index contributed by atoms with van der Waals surface area (Å²) in [7, 11) is 1.99. The van der Waals surface area contributed by atoms with Gasteiger partial charge in [-0.15, -0.1) is 0 Å². The number of halogens is 2. The van der Waals surface area contributed by atoms with E-state index in [1.807, 2.05) is 27.8 Å². The van der Waals surface area contributed by atoms with Gasteiger partial charge < -0.3 is 24.5 Å². The van der Waals surface area contributed by atoms with Crippen LogP contribution in [0.5, 0.6) is 0 Å². The van der Waals surface area contributed by atoms with Crippen molar-refractivity contribution in [3.8, 4) is 11.1 Å². The van der Waals surface area contributed by atoms with Gasteiger partial charge >= 0.3 is 0 Å². The van der Waals surface area contributed by atoms with E-state index in [1.165, 1.54) is 15.9 Å². The molecule has 11 heteroatoms. The van der Waals surface area contributed by atoms with Gasteiger partial charge in [0.25, 0.3) is 11.8 Å². The normalized spacial score (nSPS) is 19.9. The Labute approximate surface area is 250 Å². The summed E-state index contributed by atoms with van der Waals surface area (Å²) in [5, 5.41) is 0.253. The SMILES string of the molecule is CN1CCN(C(=O)CN2C(=O)[C@H]3CN(C(=O)CC(C)(C)C)CCN3C(=O)c3cc(-c4ccc(Cl)cc4F)ccc32)CC1. The number of hydrogen-bond donors (Lipinski definition) is 0. The van der Waals surface area contributed by atoms with E-state index in [0.29, 0.717) is 37.3 Å². The molecule has 4 amide bonds. The Morgan fingerprint density at radius 1 is 0.905 bits per heavy atom.